The van der Waals surface area contributed by atoms with Gasteiger partial charge in [0.25, 0.3) is 0 Å². The number of carbonyl (C=O) groups is 1. The monoisotopic (exact) mass is 229 g/mol. The molecule has 0 aliphatic heterocycles. The summed E-state index contributed by atoms with van der Waals surface area (Å²) in [6.07, 6.45) is 3.48. The van der Waals surface area contributed by atoms with Gasteiger partial charge in [0.05, 0.1) is 13.2 Å². The van der Waals surface area contributed by atoms with Gasteiger partial charge >= 0.3 is 5.97 Å². The van der Waals surface area contributed by atoms with E-state index < -0.39 is 5.97 Å². The Bertz CT molecular complexity index is 240. The van der Waals surface area contributed by atoms with E-state index in [1.54, 1.807) is 7.11 Å². The Morgan fingerprint density at radius 2 is 2.25 bits per heavy atom. The molecule has 1 rings (SSSR count). The van der Waals surface area contributed by atoms with Gasteiger partial charge in [-0.1, -0.05) is 20.3 Å². The van der Waals surface area contributed by atoms with E-state index in [0.717, 1.165) is 6.42 Å². The van der Waals surface area contributed by atoms with Crippen molar-refractivity contribution in [3.05, 3.63) is 0 Å². The molecule has 0 aromatic carbocycles. The normalized spacial score (nSPS) is 23.9. The number of aliphatic carboxylic acids is 1. The predicted octanol–water partition coefficient (Wildman–Crippen LogP) is 1.60. The third-order valence-electron chi connectivity index (χ3n) is 3.56. The van der Waals surface area contributed by atoms with Gasteiger partial charge in [0.2, 0.25) is 0 Å². The van der Waals surface area contributed by atoms with Crippen LogP contribution in [0.2, 0.25) is 0 Å². The van der Waals surface area contributed by atoms with E-state index in [9.17, 15) is 4.79 Å². The van der Waals surface area contributed by atoms with Gasteiger partial charge in [-0.3, -0.25) is 9.69 Å². The van der Waals surface area contributed by atoms with Crippen LogP contribution >= 0.6 is 0 Å². The zero-order chi connectivity index (χ0) is 12.2. The molecule has 4 nitrogen and oxygen atoms in total. The Kier molecular flexibility index (Phi) is 4.74. The van der Waals surface area contributed by atoms with Crippen molar-refractivity contribution in [2.24, 2.45) is 5.41 Å². The van der Waals surface area contributed by atoms with Gasteiger partial charge < -0.3 is 9.84 Å². The van der Waals surface area contributed by atoms with Gasteiger partial charge in [-0.05, 0) is 18.3 Å². The summed E-state index contributed by atoms with van der Waals surface area (Å²) in [4.78, 5) is 12.9. The number of nitrogens with zero attached hydrogens (tertiary/aromatic N) is 1. The lowest BCUT2D eigenvalue weighted by atomic mass is 9.86. The molecule has 4 heteroatoms. The van der Waals surface area contributed by atoms with Crippen LogP contribution in [0.1, 0.15) is 33.1 Å². The Balaban J connectivity index is 2.63. The van der Waals surface area contributed by atoms with Crippen LogP contribution < -0.4 is 0 Å². The highest BCUT2D eigenvalue weighted by Crippen LogP contribution is 2.40. The number of carboxylic acids is 1. The van der Waals surface area contributed by atoms with Crippen LogP contribution in [0, 0.1) is 5.41 Å². The Morgan fingerprint density at radius 1 is 1.56 bits per heavy atom. The maximum atomic E-state index is 10.9. The van der Waals surface area contributed by atoms with E-state index >= 15 is 0 Å². The number of methoxy groups -OCH3 is 1. The van der Waals surface area contributed by atoms with Crippen molar-refractivity contribution < 1.29 is 14.6 Å². The molecule has 1 aliphatic rings. The van der Waals surface area contributed by atoms with E-state index in [1.165, 1.54) is 12.8 Å². The minimum Gasteiger partial charge on any atom is -0.480 e. The smallest absolute Gasteiger partial charge is 0.317 e. The van der Waals surface area contributed by atoms with Gasteiger partial charge in [0.1, 0.15) is 0 Å². The fourth-order valence-electron chi connectivity index (χ4n) is 2.71. The fraction of sp³-hybridized carbons (Fsp3) is 0.917. The zero-order valence-electron chi connectivity index (χ0n) is 10.5. The summed E-state index contributed by atoms with van der Waals surface area (Å²) in [5, 5.41) is 8.93. The molecule has 1 saturated carbocycles. The van der Waals surface area contributed by atoms with Gasteiger partial charge in [0.15, 0.2) is 0 Å². The molecule has 0 heterocycles. The van der Waals surface area contributed by atoms with E-state index in [1.807, 2.05) is 0 Å². The molecule has 94 valence electrons. The number of ether oxygens (including phenoxy) is 1. The Labute approximate surface area is 97.6 Å². The van der Waals surface area contributed by atoms with Crippen LogP contribution in [0.5, 0.6) is 0 Å². The molecule has 1 atom stereocenters. The first-order valence-electron chi connectivity index (χ1n) is 5.92. The van der Waals surface area contributed by atoms with Crippen molar-refractivity contribution in [1.29, 1.82) is 0 Å². The first kappa shape index (κ1) is 13.5. The molecule has 1 N–H and O–H groups in total. The van der Waals surface area contributed by atoms with Crippen molar-refractivity contribution in [2.75, 3.05) is 26.8 Å². The lowest BCUT2D eigenvalue weighted by Gasteiger charge is -2.36. The number of hydrogen-bond acceptors (Lipinski definition) is 3. The minimum atomic E-state index is -0.751. The molecule has 0 aromatic rings. The number of rotatable bonds is 6. The van der Waals surface area contributed by atoms with Crippen molar-refractivity contribution in [3.63, 3.8) is 0 Å². The van der Waals surface area contributed by atoms with Gasteiger partial charge in [-0.2, -0.15) is 0 Å². The first-order valence-corrected chi connectivity index (χ1v) is 5.92. The van der Waals surface area contributed by atoms with Gasteiger partial charge in [-0.15, -0.1) is 0 Å². The summed E-state index contributed by atoms with van der Waals surface area (Å²) in [6, 6.07) is 0.374. The molecule has 0 radical (unpaired) electrons. The summed E-state index contributed by atoms with van der Waals surface area (Å²) in [5.74, 6) is -0.751. The van der Waals surface area contributed by atoms with Crippen molar-refractivity contribution in [3.8, 4) is 0 Å². The highest BCUT2D eigenvalue weighted by molar-refractivity contribution is 5.69. The summed E-state index contributed by atoms with van der Waals surface area (Å²) in [5.41, 5.74) is 0.225. The summed E-state index contributed by atoms with van der Waals surface area (Å²) < 4.78 is 5.05. The number of carboxylic acid groups (broad SMARTS) is 1. The Morgan fingerprint density at radius 3 is 2.69 bits per heavy atom. The van der Waals surface area contributed by atoms with Crippen LogP contribution in [0.25, 0.3) is 0 Å². The third-order valence-corrected chi connectivity index (χ3v) is 3.56. The molecule has 0 amide bonds. The predicted molar refractivity (Wildman–Crippen MR) is 62.5 cm³/mol. The van der Waals surface area contributed by atoms with Crippen LogP contribution in [-0.2, 0) is 9.53 Å². The maximum absolute atomic E-state index is 10.9. The zero-order valence-corrected chi connectivity index (χ0v) is 10.5. The van der Waals surface area contributed by atoms with E-state index in [4.69, 9.17) is 9.84 Å². The largest absolute Gasteiger partial charge is 0.480 e. The average Bonchev–Trinajstić information content (AvgIpc) is 2.52. The van der Waals surface area contributed by atoms with Crippen LogP contribution in [-0.4, -0.2) is 48.8 Å². The van der Waals surface area contributed by atoms with Crippen molar-refractivity contribution in [2.45, 2.75) is 39.2 Å². The van der Waals surface area contributed by atoms with E-state index in [2.05, 4.69) is 18.7 Å². The average molecular weight is 229 g/mol. The molecule has 0 bridgehead atoms. The molecule has 0 aromatic heterocycles. The summed E-state index contributed by atoms with van der Waals surface area (Å²) in [7, 11) is 1.65. The van der Waals surface area contributed by atoms with E-state index in [-0.39, 0.29) is 12.0 Å². The second-order valence-corrected chi connectivity index (χ2v) is 5.25. The minimum absolute atomic E-state index is 0.122. The molecule has 0 spiro atoms. The standard InChI is InChI=1S/C12H23NO3/c1-12(2)6-4-5-10(12)13(7-8-16-3)9-11(14)15/h10H,4-9H2,1-3H3,(H,14,15). The van der Waals surface area contributed by atoms with Crippen LogP contribution in [0.3, 0.4) is 0 Å². The fourth-order valence-corrected chi connectivity index (χ4v) is 2.71. The summed E-state index contributed by atoms with van der Waals surface area (Å²) in [6.45, 7) is 5.88. The lowest BCUT2D eigenvalue weighted by Crippen LogP contribution is -2.46. The second-order valence-electron chi connectivity index (χ2n) is 5.25. The summed E-state index contributed by atoms with van der Waals surface area (Å²) >= 11 is 0. The quantitative estimate of drug-likeness (QED) is 0.751. The molecule has 16 heavy (non-hydrogen) atoms. The first-order chi connectivity index (χ1) is 7.47. The SMILES string of the molecule is COCCN(CC(=O)O)C1CCCC1(C)C. The molecular formula is C12H23NO3. The van der Waals surface area contributed by atoms with Gasteiger partial charge in [0, 0.05) is 19.7 Å². The molecule has 0 saturated heterocycles. The van der Waals surface area contributed by atoms with Gasteiger partial charge in [-0.25, -0.2) is 0 Å². The lowest BCUT2D eigenvalue weighted by molar-refractivity contribution is -0.139. The molecule has 1 aliphatic carbocycles. The van der Waals surface area contributed by atoms with E-state index in [0.29, 0.717) is 19.2 Å². The van der Waals surface area contributed by atoms with Crippen molar-refractivity contribution >= 4 is 5.97 Å². The topological polar surface area (TPSA) is 49.8 Å². The molecular weight excluding hydrogens is 206 g/mol. The Hall–Kier alpha value is -0.610. The highest BCUT2D eigenvalue weighted by Gasteiger charge is 2.38. The van der Waals surface area contributed by atoms with Crippen LogP contribution in [0.15, 0.2) is 0 Å². The molecule has 1 fully saturated rings. The maximum Gasteiger partial charge on any atom is 0.317 e. The van der Waals surface area contributed by atoms with Crippen LogP contribution in [0.4, 0.5) is 0 Å². The number of hydrogen-bond donors (Lipinski definition) is 1. The third kappa shape index (κ3) is 3.46. The highest BCUT2D eigenvalue weighted by atomic mass is 16.5. The second kappa shape index (κ2) is 5.64. The molecule has 1 unspecified atom stereocenters. The van der Waals surface area contributed by atoms with Crippen molar-refractivity contribution in [1.82, 2.24) is 4.90 Å².